The Labute approximate surface area is 105 Å². The molecule has 2 amide bonds. The van der Waals surface area contributed by atoms with E-state index in [9.17, 15) is 4.79 Å². The molecule has 0 aromatic carbocycles. The Morgan fingerprint density at radius 2 is 2.59 bits per heavy atom. The minimum Gasteiger partial charge on any atom is -0.346 e. The minimum atomic E-state index is -0.0576. The van der Waals surface area contributed by atoms with Gasteiger partial charge in [-0.3, -0.25) is 0 Å². The number of urea groups is 1. The molecule has 1 saturated heterocycles. The fraction of sp³-hybridized carbons (Fsp3) is 0.636. The molecule has 1 aliphatic rings. The summed E-state index contributed by atoms with van der Waals surface area (Å²) in [5, 5.41) is 8.84. The van der Waals surface area contributed by atoms with Gasteiger partial charge in [-0.1, -0.05) is 6.92 Å². The van der Waals surface area contributed by atoms with Crippen molar-refractivity contribution < 1.29 is 4.79 Å². The van der Waals surface area contributed by atoms with Gasteiger partial charge in [-0.05, 0) is 12.8 Å². The van der Waals surface area contributed by atoms with Gasteiger partial charge in [0.1, 0.15) is 0 Å². The molecular weight excluding hydrogens is 236 g/mol. The average Bonchev–Trinajstić information content (AvgIpc) is 2.95. The van der Waals surface area contributed by atoms with Crippen LogP contribution in [0.1, 0.15) is 19.8 Å². The maximum Gasteiger partial charge on any atom is 0.315 e. The van der Waals surface area contributed by atoms with E-state index in [4.69, 9.17) is 0 Å². The van der Waals surface area contributed by atoms with Gasteiger partial charge in [-0.25, -0.2) is 9.78 Å². The molecule has 1 atom stereocenters. The van der Waals surface area contributed by atoms with E-state index in [2.05, 4.69) is 20.5 Å². The number of thiazole rings is 1. The summed E-state index contributed by atoms with van der Waals surface area (Å²) < 4.78 is 0. The van der Waals surface area contributed by atoms with Gasteiger partial charge < -0.3 is 15.5 Å². The lowest BCUT2D eigenvalue weighted by Crippen LogP contribution is -2.43. The van der Waals surface area contributed by atoms with Crippen molar-refractivity contribution in [3.63, 3.8) is 0 Å². The van der Waals surface area contributed by atoms with Gasteiger partial charge in [0.25, 0.3) is 0 Å². The van der Waals surface area contributed by atoms with Crippen molar-refractivity contribution in [3.05, 3.63) is 11.6 Å². The van der Waals surface area contributed by atoms with Crippen LogP contribution >= 0.6 is 11.3 Å². The highest BCUT2D eigenvalue weighted by Gasteiger charge is 2.24. The molecule has 1 aromatic heterocycles. The number of carbonyl (C=O) groups is 1. The van der Waals surface area contributed by atoms with Crippen molar-refractivity contribution in [2.24, 2.45) is 0 Å². The van der Waals surface area contributed by atoms with Crippen LogP contribution in [0.2, 0.25) is 0 Å². The zero-order chi connectivity index (χ0) is 12.1. The Hall–Kier alpha value is -1.30. The first-order chi connectivity index (χ1) is 8.29. The van der Waals surface area contributed by atoms with Crippen LogP contribution in [-0.4, -0.2) is 36.7 Å². The van der Waals surface area contributed by atoms with E-state index in [-0.39, 0.29) is 12.1 Å². The third-order valence-corrected chi connectivity index (χ3v) is 3.58. The normalized spacial score (nSPS) is 19.4. The molecule has 1 aromatic rings. The zero-order valence-corrected chi connectivity index (χ0v) is 10.8. The third kappa shape index (κ3) is 3.33. The smallest absolute Gasteiger partial charge is 0.315 e. The lowest BCUT2D eigenvalue weighted by atomic mass is 10.3. The van der Waals surface area contributed by atoms with Crippen molar-refractivity contribution in [3.8, 4) is 0 Å². The molecular formula is C11H18N4OS. The molecule has 0 bridgehead atoms. The number of hydrogen-bond donors (Lipinski definition) is 2. The molecule has 1 unspecified atom stereocenters. The molecule has 17 heavy (non-hydrogen) atoms. The number of anilines is 1. The van der Waals surface area contributed by atoms with E-state index in [0.29, 0.717) is 0 Å². The Balaban J connectivity index is 1.76. The second-order valence-corrected chi connectivity index (χ2v) is 5.02. The quantitative estimate of drug-likeness (QED) is 0.854. The standard InChI is InChI=1S/C11H18N4OS/c1-2-4-12-10(16)14-9-3-6-15(8-9)11-13-5-7-17-11/h5,7,9H,2-4,6,8H2,1H3,(H2,12,14,16). The summed E-state index contributed by atoms with van der Waals surface area (Å²) in [6, 6.07) is 0.175. The summed E-state index contributed by atoms with van der Waals surface area (Å²) in [6.45, 7) is 4.59. The maximum absolute atomic E-state index is 11.5. The fourth-order valence-electron chi connectivity index (χ4n) is 1.90. The van der Waals surface area contributed by atoms with Crippen LogP contribution in [0.3, 0.4) is 0 Å². The summed E-state index contributed by atoms with van der Waals surface area (Å²) in [5.74, 6) is 0. The highest BCUT2D eigenvalue weighted by atomic mass is 32.1. The summed E-state index contributed by atoms with van der Waals surface area (Å²) in [5.41, 5.74) is 0. The predicted molar refractivity (Wildman–Crippen MR) is 69.6 cm³/mol. The number of aromatic nitrogens is 1. The molecule has 94 valence electrons. The predicted octanol–water partition coefficient (Wildman–Crippen LogP) is 1.43. The first-order valence-corrected chi connectivity index (χ1v) is 6.86. The van der Waals surface area contributed by atoms with Crippen LogP contribution < -0.4 is 15.5 Å². The monoisotopic (exact) mass is 254 g/mol. The second kappa shape index (κ2) is 5.86. The molecule has 5 nitrogen and oxygen atoms in total. The van der Waals surface area contributed by atoms with E-state index in [0.717, 1.165) is 37.6 Å². The molecule has 2 N–H and O–H groups in total. The van der Waals surface area contributed by atoms with Gasteiger partial charge in [0, 0.05) is 37.3 Å². The van der Waals surface area contributed by atoms with E-state index < -0.39 is 0 Å². The average molecular weight is 254 g/mol. The van der Waals surface area contributed by atoms with Crippen molar-refractivity contribution >= 4 is 22.5 Å². The molecule has 0 radical (unpaired) electrons. The van der Waals surface area contributed by atoms with Crippen LogP contribution in [-0.2, 0) is 0 Å². The highest BCUT2D eigenvalue weighted by Crippen LogP contribution is 2.22. The van der Waals surface area contributed by atoms with Gasteiger partial charge in [-0.2, -0.15) is 0 Å². The van der Waals surface area contributed by atoms with Crippen LogP contribution in [0, 0.1) is 0 Å². The number of hydrogen-bond acceptors (Lipinski definition) is 4. The number of rotatable bonds is 4. The minimum absolute atomic E-state index is 0.0576. The SMILES string of the molecule is CCCNC(=O)NC1CCN(c2nccs2)C1. The van der Waals surface area contributed by atoms with Crippen LogP contribution in [0.4, 0.5) is 9.93 Å². The van der Waals surface area contributed by atoms with Gasteiger partial charge in [0.2, 0.25) is 0 Å². The molecule has 1 aliphatic heterocycles. The van der Waals surface area contributed by atoms with Crippen LogP contribution in [0.5, 0.6) is 0 Å². The van der Waals surface area contributed by atoms with Crippen molar-refractivity contribution in [1.29, 1.82) is 0 Å². The second-order valence-electron chi connectivity index (χ2n) is 4.15. The van der Waals surface area contributed by atoms with Crippen molar-refractivity contribution in [1.82, 2.24) is 15.6 Å². The molecule has 2 rings (SSSR count). The summed E-state index contributed by atoms with van der Waals surface area (Å²) in [6.07, 6.45) is 3.76. The first kappa shape index (κ1) is 12.2. The lowest BCUT2D eigenvalue weighted by molar-refractivity contribution is 0.238. The first-order valence-electron chi connectivity index (χ1n) is 5.98. The summed E-state index contributed by atoms with van der Waals surface area (Å²) in [7, 11) is 0. The van der Waals surface area contributed by atoms with E-state index in [1.165, 1.54) is 0 Å². The lowest BCUT2D eigenvalue weighted by Gasteiger charge is -2.16. The Bertz CT molecular complexity index is 354. The number of amides is 2. The van der Waals surface area contributed by atoms with Gasteiger partial charge in [-0.15, -0.1) is 11.3 Å². The Kier molecular flexibility index (Phi) is 4.19. The largest absolute Gasteiger partial charge is 0.346 e. The van der Waals surface area contributed by atoms with E-state index in [1.54, 1.807) is 11.3 Å². The van der Waals surface area contributed by atoms with E-state index >= 15 is 0 Å². The van der Waals surface area contributed by atoms with Gasteiger partial charge in [0.15, 0.2) is 5.13 Å². The third-order valence-electron chi connectivity index (χ3n) is 2.75. The zero-order valence-electron chi connectivity index (χ0n) is 9.98. The molecule has 2 heterocycles. The molecule has 6 heteroatoms. The topological polar surface area (TPSA) is 57.3 Å². The molecule has 1 fully saturated rings. The maximum atomic E-state index is 11.5. The number of nitrogens with zero attached hydrogens (tertiary/aromatic N) is 2. The van der Waals surface area contributed by atoms with Crippen LogP contribution in [0.25, 0.3) is 0 Å². The number of carbonyl (C=O) groups excluding carboxylic acids is 1. The van der Waals surface area contributed by atoms with Crippen LogP contribution in [0.15, 0.2) is 11.6 Å². The summed E-state index contributed by atoms with van der Waals surface area (Å²) in [4.78, 5) is 18.0. The molecule has 0 spiro atoms. The molecule has 0 aliphatic carbocycles. The Morgan fingerprint density at radius 1 is 1.71 bits per heavy atom. The van der Waals surface area contributed by atoms with Crippen molar-refractivity contribution in [2.45, 2.75) is 25.8 Å². The number of nitrogens with one attached hydrogen (secondary N) is 2. The van der Waals surface area contributed by atoms with Gasteiger partial charge >= 0.3 is 6.03 Å². The van der Waals surface area contributed by atoms with Gasteiger partial charge in [0.05, 0.1) is 0 Å². The highest BCUT2D eigenvalue weighted by molar-refractivity contribution is 7.13. The fourth-order valence-corrected chi connectivity index (χ4v) is 2.58. The summed E-state index contributed by atoms with van der Waals surface area (Å²) >= 11 is 1.64. The molecule has 0 saturated carbocycles. The van der Waals surface area contributed by atoms with Crippen molar-refractivity contribution in [2.75, 3.05) is 24.5 Å². The van der Waals surface area contributed by atoms with E-state index in [1.807, 2.05) is 18.5 Å². The Morgan fingerprint density at radius 3 is 3.29 bits per heavy atom.